The number of hydrogen-bond acceptors (Lipinski definition) is 9. The molecule has 0 aliphatic heterocycles. The number of ether oxygens (including phenoxy) is 2. The number of carbonyl (C=O) groups excluding carboxylic acids is 2. The van der Waals surface area contributed by atoms with Gasteiger partial charge in [0.1, 0.15) is 16.9 Å². The van der Waals surface area contributed by atoms with Gasteiger partial charge in [-0.3, -0.25) is 9.59 Å². The van der Waals surface area contributed by atoms with Crippen molar-refractivity contribution in [1.82, 2.24) is 0 Å². The largest absolute Gasteiger partial charge is 0.507 e. The van der Waals surface area contributed by atoms with Crippen molar-refractivity contribution >= 4 is 41.0 Å². The Hall–Kier alpha value is -4.03. The third-order valence-corrected chi connectivity index (χ3v) is 8.08. The van der Waals surface area contributed by atoms with Crippen LogP contribution in [0.1, 0.15) is 103 Å². The first kappa shape index (κ1) is 38.4. The van der Waals surface area contributed by atoms with E-state index in [9.17, 15) is 37.8 Å². The zero-order chi connectivity index (χ0) is 35.4. The molecule has 0 fully saturated rings. The third kappa shape index (κ3) is 10.5. The summed E-state index contributed by atoms with van der Waals surface area (Å²) in [6, 6.07) is 3.25. The molecule has 1 heterocycles. The van der Waals surface area contributed by atoms with Gasteiger partial charge in [-0.1, -0.05) is 55.9 Å². The number of hydrogen-bond donors (Lipinski definition) is 2. The highest BCUT2D eigenvalue weighted by atomic mass is 32.1. The summed E-state index contributed by atoms with van der Waals surface area (Å²) in [6.45, 7) is 3.75. The molecule has 2 N–H and O–H groups in total. The minimum absolute atomic E-state index is 0.0484. The first-order valence-corrected chi connectivity index (χ1v) is 16.3. The predicted molar refractivity (Wildman–Crippen MR) is 180 cm³/mol. The second-order valence-electron chi connectivity index (χ2n) is 11.5. The fourth-order valence-corrected chi connectivity index (χ4v) is 5.57. The molecule has 3 rings (SSSR count). The number of allylic oxidation sites excluding steroid dienone is 3. The highest BCUT2D eigenvalue weighted by Crippen LogP contribution is 2.33. The van der Waals surface area contributed by atoms with Gasteiger partial charge in [-0.15, -0.1) is 0 Å². The molecule has 1 aliphatic carbocycles. The number of aliphatic hydroxyl groups excluding tert-OH is 1. The maximum absolute atomic E-state index is 13.7. The lowest BCUT2D eigenvalue weighted by atomic mass is 9.88. The molecule has 8 nitrogen and oxygen atoms in total. The molecule has 1 aromatic carbocycles. The molecule has 0 bridgehead atoms. The van der Waals surface area contributed by atoms with Gasteiger partial charge in [-0.05, 0) is 63.7 Å². The van der Waals surface area contributed by atoms with Crippen LogP contribution < -0.4 is 20.8 Å². The van der Waals surface area contributed by atoms with E-state index in [1.807, 2.05) is 13.0 Å². The molecule has 260 valence electrons. The number of fused-ring (bicyclic) bond motifs is 1. The summed E-state index contributed by atoms with van der Waals surface area (Å²) in [5.74, 6) is -2.33. The molecule has 2 atom stereocenters. The van der Waals surface area contributed by atoms with Crippen molar-refractivity contribution in [3.05, 3.63) is 79.7 Å². The smallest absolute Gasteiger partial charge is 0.389 e. The summed E-state index contributed by atoms with van der Waals surface area (Å²) in [6.07, 6.45) is 5.63. The third-order valence-electron chi connectivity index (χ3n) is 7.80. The Bertz CT molecular complexity index is 1720. The van der Waals surface area contributed by atoms with Crippen LogP contribution in [0.5, 0.6) is 11.5 Å². The van der Waals surface area contributed by atoms with Gasteiger partial charge in [0.25, 0.3) is 0 Å². The summed E-state index contributed by atoms with van der Waals surface area (Å²) in [5.41, 5.74) is 0.133. The number of phenols is 1. The van der Waals surface area contributed by atoms with Crippen LogP contribution in [0.15, 0.2) is 45.6 Å². The average molecular weight is 691 g/mol. The Morgan fingerprint density at radius 3 is 2.58 bits per heavy atom. The highest BCUT2D eigenvalue weighted by Gasteiger charge is 2.32. The Morgan fingerprint density at radius 1 is 1.17 bits per heavy atom. The SMILES string of the molecule is CCCc1c(OCCCC/C=C\C=C\[C@@H](c2c(C(=O)OC)oc3c(c2=O)=CCC(=S)C=3)[C@H](O)CCCC(F)(F)F)ccc(C(C)=O)c1O. The number of aromatic hydroxyl groups is 1. The Labute approximate surface area is 282 Å². The number of rotatable bonds is 17. The Kier molecular flexibility index (Phi) is 14.4. The number of carbonyl (C=O) groups is 2. The molecule has 0 spiro atoms. The lowest BCUT2D eigenvalue weighted by molar-refractivity contribution is -0.136. The molecule has 2 aromatic rings. The van der Waals surface area contributed by atoms with Crippen LogP contribution in [0, 0.1) is 0 Å². The Morgan fingerprint density at radius 2 is 1.92 bits per heavy atom. The van der Waals surface area contributed by atoms with Crippen molar-refractivity contribution in [2.45, 2.75) is 89.8 Å². The number of halogens is 3. The number of phenolic OH excluding ortho intramolecular Hbond substituents is 1. The van der Waals surface area contributed by atoms with E-state index in [0.717, 1.165) is 20.0 Å². The molecule has 0 saturated heterocycles. The number of alkyl halides is 3. The fraction of sp³-hybridized carbons (Fsp3) is 0.444. The molecule has 1 aliphatic rings. The van der Waals surface area contributed by atoms with Crippen molar-refractivity contribution in [3.63, 3.8) is 0 Å². The van der Waals surface area contributed by atoms with Crippen LogP contribution in [0.25, 0.3) is 12.2 Å². The number of ketones is 1. The highest BCUT2D eigenvalue weighted by molar-refractivity contribution is 7.81. The van der Waals surface area contributed by atoms with Gasteiger partial charge in [-0.25, -0.2) is 4.79 Å². The number of esters is 1. The summed E-state index contributed by atoms with van der Waals surface area (Å²) < 4.78 is 55.0. The second kappa shape index (κ2) is 17.9. The van der Waals surface area contributed by atoms with E-state index in [2.05, 4.69) is 0 Å². The van der Waals surface area contributed by atoms with E-state index in [1.165, 1.54) is 19.1 Å². The summed E-state index contributed by atoms with van der Waals surface area (Å²) in [7, 11) is 1.10. The number of methoxy groups -OCH3 is 1. The number of benzene rings is 1. The van der Waals surface area contributed by atoms with Crippen LogP contribution in [0.3, 0.4) is 0 Å². The van der Waals surface area contributed by atoms with Gasteiger partial charge in [0, 0.05) is 29.2 Å². The van der Waals surface area contributed by atoms with Crippen molar-refractivity contribution in [1.29, 1.82) is 0 Å². The lowest BCUT2D eigenvalue weighted by Gasteiger charge is -2.21. The minimum Gasteiger partial charge on any atom is -0.507 e. The summed E-state index contributed by atoms with van der Waals surface area (Å²) in [5, 5.41) is 21.7. The molecule has 12 heteroatoms. The summed E-state index contributed by atoms with van der Waals surface area (Å²) in [4.78, 5) is 38.6. The van der Waals surface area contributed by atoms with E-state index < -0.39 is 41.8 Å². The number of Topliss-reactive ketones (excluding diaryl/α,β-unsaturated/α-hetero) is 1. The van der Waals surface area contributed by atoms with Crippen LogP contribution >= 0.6 is 12.2 Å². The van der Waals surface area contributed by atoms with Crippen molar-refractivity contribution in [3.8, 4) is 11.5 Å². The molecule has 0 saturated carbocycles. The predicted octanol–water partition coefficient (Wildman–Crippen LogP) is 6.16. The molecular formula is C36H41F3O8S. The van der Waals surface area contributed by atoms with Gasteiger partial charge in [-0.2, -0.15) is 13.2 Å². The van der Waals surface area contributed by atoms with Gasteiger partial charge in [0.2, 0.25) is 5.76 Å². The maximum Gasteiger partial charge on any atom is 0.389 e. The van der Waals surface area contributed by atoms with Gasteiger partial charge >= 0.3 is 12.1 Å². The lowest BCUT2D eigenvalue weighted by Crippen LogP contribution is -2.46. The quantitative estimate of drug-likeness (QED) is 0.0661. The van der Waals surface area contributed by atoms with E-state index >= 15 is 0 Å². The second-order valence-corrected chi connectivity index (χ2v) is 12.0. The zero-order valence-corrected chi connectivity index (χ0v) is 28.0. The van der Waals surface area contributed by atoms with Crippen molar-refractivity contribution < 1.29 is 46.9 Å². The molecule has 0 radical (unpaired) electrons. The Balaban J connectivity index is 1.75. The average Bonchev–Trinajstić information content (AvgIpc) is 3.02. The monoisotopic (exact) mass is 690 g/mol. The van der Waals surface area contributed by atoms with E-state index in [0.29, 0.717) is 48.5 Å². The molecular weight excluding hydrogens is 649 g/mol. The van der Waals surface area contributed by atoms with Gasteiger partial charge in [0.05, 0.1) is 36.2 Å². The van der Waals surface area contributed by atoms with Crippen LogP contribution in [0.2, 0.25) is 0 Å². The zero-order valence-electron chi connectivity index (χ0n) is 27.2. The first-order chi connectivity index (χ1) is 22.8. The van der Waals surface area contributed by atoms with Crippen LogP contribution in [-0.4, -0.2) is 52.8 Å². The number of thiocarbonyl (C=S) groups is 1. The molecule has 1 aromatic heterocycles. The maximum atomic E-state index is 13.7. The summed E-state index contributed by atoms with van der Waals surface area (Å²) >= 11 is 5.19. The fourth-order valence-electron chi connectivity index (χ4n) is 5.38. The van der Waals surface area contributed by atoms with Crippen LogP contribution in [-0.2, 0) is 11.2 Å². The van der Waals surface area contributed by atoms with E-state index in [4.69, 9.17) is 26.1 Å². The van der Waals surface area contributed by atoms with Gasteiger partial charge < -0.3 is 24.1 Å². The number of aliphatic hydroxyl groups is 1. The van der Waals surface area contributed by atoms with E-state index in [-0.39, 0.29) is 46.1 Å². The molecule has 0 unspecified atom stereocenters. The van der Waals surface area contributed by atoms with Crippen molar-refractivity contribution in [2.24, 2.45) is 0 Å². The molecule has 48 heavy (non-hydrogen) atoms. The minimum atomic E-state index is -4.41. The first-order valence-electron chi connectivity index (χ1n) is 15.9. The van der Waals surface area contributed by atoms with Gasteiger partial charge in [0.15, 0.2) is 11.2 Å². The topological polar surface area (TPSA) is 123 Å². The standard InChI is InChI=1S/C36H41F3O8S/c1-4-12-26-29(18-17-24(22(2)40)32(26)42)46-20-10-8-6-5-7-9-13-25(28(41)14-11-19-36(37,38)39)31-33(43)27-16-15-23(48)21-30(27)47-34(31)35(44)45-3/h5,7,9,13,16-18,21,25,28,41-42H,4,6,8,10-12,14-15,19-20H2,1-3H3/b7-5-,13-9+/t25-,28-/m1/s1. The van der Waals surface area contributed by atoms with Crippen LogP contribution in [0.4, 0.5) is 13.2 Å². The van der Waals surface area contributed by atoms with Crippen molar-refractivity contribution in [2.75, 3.05) is 13.7 Å². The number of unbranched alkanes of at least 4 members (excludes halogenated alkanes) is 2. The van der Waals surface area contributed by atoms with E-state index in [1.54, 1.807) is 30.4 Å². The molecule has 0 amide bonds. The normalized spacial score (nSPS) is 14.4.